The molecule has 0 fully saturated rings. The standard InChI is InChI=1S/C22H24N2O2/c1-3-16(2)26-19-11-7-10-18(14-19)24-22(25)15-23-21-13-6-9-17-8-4-5-12-20(17)21/h4-14,16,23H,3,15H2,1-2H3,(H,24,25). The lowest BCUT2D eigenvalue weighted by Gasteiger charge is -2.14. The van der Waals surface area contributed by atoms with Gasteiger partial charge in [-0.1, -0.05) is 49.4 Å². The quantitative estimate of drug-likeness (QED) is 0.627. The molecule has 0 saturated carbocycles. The minimum atomic E-state index is -0.0985. The second-order valence-electron chi connectivity index (χ2n) is 6.29. The fourth-order valence-corrected chi connectivity index (χ4v) is 2.72. The van der Waals surface area contributed by atoms with Gasteiger partial charge in [0.05, 0.1) is 12.6 Å². The molecular weight excluding hydrogens is 324 g/mol. The van der Waals surface area contributed by atoms with Gasteiger partial charge in [-0.2, -0.15) is 0 Å². The molecule has 0 aliphatic heterocycles. The van der Waals surface area contributed by atoms with Crippen LogP contribution in [0.2, 0.25) is 0 Å². The number of carbonyl (C=O) groups excluding carboxylic acids is 1. The summed E-state index contributed by atoms with van der Waals surface area (Å²) in [6.45, 7) is 4.30. The van der Waals surface area contributed by atoms with Gasteiger partial charge in [0, 0.05) is 22.8 Å². The third-order valence-electron chi connectivity index (χ3n) is 4.26. The minimum Gasteiger partial charge on any atom is -0.491 e. The van der Waals surface area contributed by atoms with E-state index in [1.54, 1.807) is 0 Å². The number of benzene rings is 3. The highest BCUT2D eigenvalue weighted by atomic mass is 16.5. The van der Waals surface area contributed by atoms with Crippen molar-refractivity contribution in [1.29, 1.82) is 0 Å². The molecule has 134 valence electrons. The maximum atomic E-state index is 12.3. The summed E-state index contributed by atoms with van der Waals surface area (Å²) in [7, 11) is 0. The van der Waals surface area contributed by atoms with Crippen LogP contribution in [-0.2, 0) is 4.79 Å². The second-order valence-corrected chi connectivity index (χ2v) is 6.29. The largest absolute Gasteiger partial charge is 0.491 e. The Labute approximate surface area is 154 Å². The summed E-state index contributed by atoms with van der Waals surface area (Å²) in [5.41, 5.74) is 1.68. The van der Waals surface area contributed by atoms with Crippen molar-refractivity contribution in [3.8, 4) is 5.75 Å². The van der Waals surface area contributed by atoms with E-state index in [2.05, 4.69) is 29.7 Å². The molecule has 26 heavy (non-hydrogen) atoms. The number of amides is 1. The molecule has 3 rings (SSSR count). The molecule has 1 atom stereocenters. The first kappa shape index (κ1) is 17.8. The molecule has 3 aromatic rings. The summed E-state index contributed by atoms with van der Waals surface area (Å²) < 4.78 is 5.80. The minimum absolute atomic E-state index is 0.0985. The van der Waals surface area contributed by atoms with E-state index in [0.29, 0.717) is 0 Å². The highest BCUT2D eigenvalue weighted by Crippen LogP contribution is 2.23. The van der Waals surface area contributed by atoms with Crippen LogP contribution in [0.15, 0.2) is 66.7 Å². The number of ether oxygens (including phenoxy) is 1. The lowest BCUT2D eigenvalue weighted by atomic mass is 10.1. The van der Waals surface area contributed by atoms with Gasteiger partial charge in [-0.25, -0.2) is 0 Å². The monoisotopic (exact) mass is 348 g/mol. The molecule has 0 spiro atoms. The first-order valence-corrected chi connectivity index (χ1v) is 8.94. The highest BCUT2D eigenvalue weighted by Gasteiger charge is 2.06. The molecule has 0 heterocycles. The molecule has 0 aliphatic carbocycles. The SMILES string of the molecule is CCC(C)Oc1cccc(NC(=O)CNc2cccc3ccccc23)c1. The molecule has 2 N–H and O–H groups in total. The first-order valence-electron chi connectivity index (χ1n) is 8.94. The zero-order valence-corrected chi connectivity index (χ0v) is 15.2. The normalized spacial score (nSPS) is 11.8. The fourth-order valence-electron chi connectivity index (χ4n) is 2.72. The molecule has 1 amide bonds. The highest BCUT2D eigenvalue weighted by molar-refractivity contribution is 5.98. The molecule has 1 unspecified atom stereocenters. The van der Waals surface area contributed by atoms with Crippen molar-refractivity contribution in [2.75, 3.05) is 17.2 Å². The van der Waals surface area contributed by atoms with Crippen molar-refractivity contribution in [3.05, 3.63) is 66.7 Å². The molecule has 0 bridgehead atoms. The van der Waals surface area contributed by atoms with Crippen LogP contribution in [0.1, 0.15) is 20.3 Å². The van der Waals surface area contributed by atoms with E-state index in [1.807, 2.05) is 61.5 Å². The van der Waals surface area contributed by atoms with Gasteiger partial charge in [0.2, 0.25) is 5.91 Å². The third-order valence-corrected chi connectivity index (χ3v) is 4.26. The lowest BCUT2D eigenvalue weighted by molar-refractivity contribution is -0.114. The molecule has 0 radical (unpaired) electrons. The molecular formula is C22H24N2O2. The van der Waals surface area contributed by atoms with Crippen LogP contribution in [0.5, 0.6) is 5.75 Å². The Kier molecular flexibility index (Phi) is 5.74. The Morgan fingerprint density at radius 2 is 1.81 bits per heavy atom. The maximum absolute atomic E-state index is 12.3. The summed E-state index contributed by atoms with van der Waals surface area (Å²) >= 11 is 0. The van der Waals surface area contributed by atoms with Gasteiger partial charge < -0.3 is 15.4 Å². The second kappa shape index (κ2) is 8.39. The fraction of sp³-hybridized carbons (Fsp3) is 0.227. The van der Waals surface area contributed by atoms with E-state index in [-0.39, 0.29) is 18.6 Å². The molecule has 4 heteroatoms. The summed E-state index contributed by atoms with van der Waals surface area (Å²) in [6.07, 6.45) is 1.08. The molecule has 3 aromatic carbocycles. The molecule has 0 aromatic heterocycles. The van der Waals surface area contributed by atoms with Crippen molar-refractivity contribution >= 4 is 28.1 Å². The van der Waals surface area contributed by atoms with Gasteiger partial charge in [0.15, 0.2) is 0 Å². The maximum Gasteiger partial charge on any atom is 0.243 e. The summed E-state index contributed by atoms with van der Waals surface area (Å²) in [6, 6.07) is 21.6. The van der Waals surface area contributed by atoms with E-state index in [4.69, 9.17) is 4.74 Å². The van der Waals surface area contributed by atoms with Crippen molar-refractivity contribution in [1.82, 2.24) is 0 Å². The molecule has 0 aliphatic rings. The van der Waals surface area contributed by atoms with Crippen LogP contribution < -0.4 is 15.4 Å². The van der Waals surface area contributed by atoms with Gasteiger partial charge in [0.25, 0.3) is 0 Å². The van der Waals surface area contributed by atoms with E-state index < -0.39 is 0 Å². The van der Waals surface area contributed by atoms with Crippen molar-refractivity contribution < 1.29 is 9.53 Å². The van der Waals surface area contributed by atoms with E-state index in [0.717, 1.165) is 34.3 Å². The van der Waals surface area contributed by atoms with Gasteiger partial charge in [-0.15, -0.1) is 0 Å². The number of rotatable bonds is 7. The van der Waals surface area contributed by atoms with Crippen LogP contribution >= 0.6 is 0 Å². The number of hydrogen-bond acceptors (Lipinski definition) is 3. The summed E-state index contributed by atoms with van der Waals surface area (Å²) in [5, 5.41) is 8.38. The third kappa shape index (κ3) is 4.54. The van der Waals surface area contributed by atoms with Crippen LogP contribution in [0.3, 0.4) is 0 Å². The summed E-state index contributed by atoms with van der Waals surface area (Å²) in [4.78, 5) is 12.3. The van der Waals surface area contributed by atoms with Crippen molar-refractivity contribution in [2.45, 2.75) is 26.4 Å². The van der Waals surface area contributed by atoms with Crippen LogP contribution in [0.4, 0.5) is 11.4 Å². The zero-order chi connectivity index (χ0) is 18.4. The van der Waals surface area contributed by atoms with Crippen LogP contribution in [0, 0.1) is 0 Å². The van der Waals surface area contributed by atoms with E-state index >= 15 is 0 Å². The average Bonchev–Trinajstić information content (AvgIpc) is 2.66. The van der Waals surface area contributed by atoms with Crippen molar-refractivity contribution in [3.63, 3.8) is 0 Å². The predicted octanol–water partition coefficient (Wildman–Crippen LogP) is 5.07. The summed E-state index contributed by atoms with van der Waals surface area (Å²) in [5.74, 6) is 0.665. The van der Waals surface area contributed by atoms with Crippen LogP contribution in [0.25, 0.3) is 10.8 Å². The zero-order valence-electron chi connectivity index (χ0n) is 15.2. The van der Waals surface area contributed by atoms with Gasteiger partial charge >= 0.3 is 0 Å². The number of carbonyl (C=O) groups is 1. The lowest BCUT2D eigenvalue weighted by Crippen LogP contribution is -2.21. The Morgan fingerprint density at radius 1 is 1.04 bits per heavy atom. The van der Waals surface area contributed by atoms with Crippen LogP contribution in [-0.4, -0.2) is 18.6 Å². The predicted molar refractivity (Wildman–Crippen MR) is 108 cm³/mol. The van der Waals surface area contributed by atoms with Gasteiger partial charge in [0.1, 0.15) is 5.75 Å². The molecule has 4 nitrogen and oxygen atoms in total. The topological polar surface area (TPSA) is 50.4 Å². The molecule has 0 saturated heterocycles. The average molecular weight is 348 g/mol. The van der Waals surface area contributed by atoms with E-state index in [1.165, 1.54) is 0 Å². The Balaban J connectivity index is 1.61. The Morgan fingerprint density at radius 3 is 2.65 bits per heavy atom. The Hall–Kier alpha value is -3.01. The van der Waals surface area contributed by atoms with Gasteiger partial charge in [-0.05, 0) is 36.9 Å². The number of nitrogens with one attached hydrogen (secondary N) is 2. The van der Waals surface area contributed by atoms with E-state index in [9.17, 15) is 4.79 Å². The first-order chi connectivity index (χ1) is 12.7. The van der Waals surface area contributed by atoms with Crippen molar-refractivity contribution in [2.24, 2.45) is 0 Å². The smallest absolute Gasteiger partial charge is 0.243 e. The number of hydrogen-bond donors (Lipinski definition) is 2. The van der Waals surface area contributed by atoms with Gasteiger partial charge in [-0.3, -0.25) is 4.79 Å². The number of anilines is 2. The Bertz CT molecular complexity index is 887. The number of fused-ring (bicyclic) bond motifs is 1.